The van der Waals surface area contributed by atoms with Crippen LogP contribution in [0.3, 0.4) is 0 Å². The van der Waals surface area contributed by atoms with E-state index in [9.17, 15) is 27.2 Å². The molecule has 2 bridgehead atoms. The van der Waals surface area contributed by atoms with Crippen LogP contribution in [0.4, 0.5) is 32.4 Å². The zero-order valence-corrected chi connectivity index (χ0v) is 25.7. The van der Waals surface area contributed by atoms with Crippen molar-refractivity contribution >= 4 is 17.7 Å². The van der Waals surface area contributed by atoms with E-state index in [0.717, 1.165) is 50.8 Å². The molecule has 6 rings (SSSR count). The van der Waals surface area contributed by atoms with E-state index in [4.69, 9.17) is 4.74 Å². The number of carbonyl (C=O) groups excluding carboxylic acids is 2. The van der Waals surface area contributed by atoms with Gasteiger partial charge >= 0.3 is 12.3 Å². The number of halogens is 5. The average Bonchev–Trinajstić information content (AvgIpc) is 3.01. The molecule has 248 valence electrons. The van der Waals surface area contributed by atoms with Gasteiger partial charge in [0.05, 0.1) is 25.3 Å². The normalized spacial score (nSPS) is 20.4. The molecular formula is C35H35F5N4O3. The Morgan fingerprint density at radius 2 is 1.74 bits per heavy atom. The van der Waals surface area contributed by atoms with E-state index >= 15 is 4.39 Å². The molecule has 47 heavy (non-hydrogen) atoms. The van der Waals surface area contributed by atoms with Crippen molar-refractivity contribution in [3.05, 3.63) is 101 Å². The molecule has 3 aliphatic rings. The van der Waals surface area contributed by atoms with Crippen LogP contribution < -0.4 is 16.0 Å². The zero-order chi connectivity index (χ0) is 33.6. The van der Waals surface area contributed by atoms with E-state index in [0.29, 0.717) is 31.5 Å². The van der Waals surface area contributed by atoms with Crippen LogP contribution in [0.2, 0.25) is 0 Å². The lowest BCUT2D eigenvalue weighted by Crippen LogP contribution is -2.49. The number of rotatable bonds is 9. The third-order valence-corrected chi connectivity index (χ3v) is 8.62. The summed E-state index contributed by atoms with van der Waals surface area (Å²) in [5.41, 5.74) is 0.124. The lowest BCUT2D eigenvalue weighted by molar-refractivity contribution is -0.137. The van der Waals surface area contributed by atoms with Crippen LogP contribution in [-0.2, 0) is 22.1 Å². The Morgan fingerprint density at radius 3 is 2.43 bits per heavy atom. The molecule has 3 N–H and O–H groups in total. The third kappa shape index (κ3) is 8.47. The number of nitrogens with one attached hydrogen (secondary N) is 3. The first-order valence-corrected chi connectivity index (χ1v) is 15.3. The van der Waals surface area contributed by atoms with Gasteiger partial charge in [-0.05, 0) is 79.8 Å². The molecule has 2 amide bonds. The van der Waals surface area contributed by atoms with Gasteiger partial charge in [0.25, 0.3) is 0 Å². The van der Waals surface area contributed by atoms with Crippen LogP contribution in [0.1, 0.15) is 47.4 Å². The number of amides is 2. The number of fused-ring (bicyclic) bond motifs is 5. The number of benzene rings is 3. The number of anilines is 1. The number of carbonyl (C=O) groups is 2. The summed E-state index contributed by atoms with van der Waals surface area (Å²) >= 11 is 0. The Balaban J connectivity index is 1.45. The fraction of sp³-hybridized carbons (Fsp3) is 0.371. The highest BCUT2D eigenvalue weighted by molar-refractivity contribution is 5.98. The molecule has 3 aromatic carbocycles. The van der Waals surface area contributed by atoms with Gasteiger partial charge < -0.3 is 20.7 Å². The quantitative estimate of drug-likeness (QED) is 0.199. The summed E-state index contributed by atoms with van der Waals surface area (Å²) in [4.78, 5) is 28.9. The van der Waals surface area contributed by atoms with Gasteiger partial charge in [-0.1, -0.05) is 42.2 Å². The molecule has 0 aliphatic carbocycles. The molecule has 1 saturated heterocycles. The largest absolute Gasteiger partial charge is 0.453 e. The zero-order valence-electron chi connectivity index (χ0n) is 25.7. The molecule has 5 atom stereocenters. The second kappa shape index (κ2) is 15.0. The van der Waals surface area contributed by atoms with E-state index in [1.54, 1.807) is 6.07 Å². The number of ether oxygens (including phenoxy) is 1. The maximum Gasteiger partial charge on any atom is 0.416 e. The van der Waals surface area contributed by atoms with Crippen LogP contribution in [-0.4, -0.2) is 61.8 Å². The average molecular weight is 655 g/mol. The van der Waals surface area contributed by atoms with Gasteiger partial charge in [0.15, 0.2) is 0 Å². The highest BCUT2D eigenvalue weighted by atomic mass is 19.4. The second-order valence-corrected chi connectivity index (χ2v) is 11.6. The van der Waals surface area contributed by atoms with Crippen molar-refractivity contribution < 1.29 is 36.3 Å². The molecule has 3 aliphatic heterocycles. The highest BCUT2D eigenvalue weighted by Gasteiger charge is 2.35. The van der Waals surface area contributed by atoms with E-state index in [2.05, 4.69) is 32.7 Å². The smallest absolute Gasteiger partial charge is 0.416 e. The summed E-state index contributed by atoms with van der Waals surface area (Å²) in [7, 11) is 1.10. The number of alkyl carbamates (subject to hydrolysis) is 1. The first-order chi connectivity index (χ1) is 22.5. The van der Waals surface area contributed by atoms with Crippen molar-refractivity contribution in [3.63, 3.8) is 0 Å². The maximum atomic E-state index is 15.4. The first-order valence-electron chi connectivity index (χ1n) is 15.3. The molecule has 0 spiro atoms. The molecule has 12 heteroatoms. The van der Waals surface area contributed by atoms with Gasteiger partial charge in [-0.25, -0.2) is 13.6 Å². The van der Waals surface area contributed by atoms with Crippen molar-refractivity contribution in [3.8, 4) is 11.8 Å². The van der Waals surface area contributed by atoms with Crippen LogP contribution in [0.5, 0.6) is 0 Å². The Labute approximate surface area is 269 Å². The monoisotopic (exact) mass is 654 g/mol. The molecular weight excluding hydrogens is 619 g/mol. The minimum Gasteiger partial charge on any atom is -0.453 e. The summed E-state index contributed by atoms with van der Waals surface area (Å²) in [5, 5.41) is 8.72. The lowest BCUT2D eigenvalue weighted by Gasteiger charge is -2.35. The van der Waals surface area contributed by atoms with Crippen LogP contribution >= 0.6 is 0 Å². The van der Waals surface area contributed by atoms with Crippen LogP contribution in [0.25, 0.3) is 0 Å². The van der Waals surface area contributed by atoms with Crippen molar-refractivity contribution in [1.29, 1.82) is 0 Å². The van der Waals surface area contributed by atoms with Gasteiger partial charge in [0.1, 0.15) is 17.7 Å². The molecule has 0 radical (unpaired) electrons. The van der Waals surface area contributed by atoms with Crippen molar-refractivity contribution in [2.45, 2.75) is 55.9 Å². The van der Waals surface area contributed by atoms with Crippen LogP contribution in [0.15, 0.2) is 66.7 Å². The number of alkyl halides is 3. The predicted molar refractivity (Wildman–Crippen MR) is 167 cm³/mol. The molecule has 3 aromatic rings. The summed E-state index contributed by atoms with van der Waals surface area (Å²) in [6.45, 7) is 2.19. The standard InChI is InChI=1S/C35H35F5N4O3/c1-47-34(46)43-32(31(23-11-15-25(36)16-12-23)22-9-13-24(14-10-22)35(38,39)40)33(45)42-30-8-2-7-29(37)28(30)18-17-27-21-41-26-5-3-19-44(27)20-4-6-26/h2,7-16,26-27,31-32,41H,3,5,17-21H2,1H3,(H,42,45)(H,43,46)/t26?,27?,31-,32+/m1/s1. The molecule has 3 heterocycles. The molecule has 0 aromatic heterocycles. The highest BCUT2D eigenvalue weighted by Crippen LogP contribution is 2.34. The Kier molecular flexibility index (Phi) is 10.8. The Morgan fingerprint density at radius 1 is 1.04 bits per heavy atom. The Bertz CT molecular complexity index is 1620. The Hall–Kier alpha value is -4.47. The molecule has 3 unspecified atom stereocenters. The topological polar surface area (TPSA) is 82.7 Å². The predicted octanol–water partition coefficient (Wildman–Crippen LogP) is 5.85. The van der Waals surface area contributed by atoms with Crippen molar-refractivity contribution in [1.82, 2.24) is 15.5 Å². The summed E-state index contributed by atoms with van der Waals surface area (Å²) < 4.78 is 74.1. The molecule has 7 nitrogen and oxygen atoms in total. The van der Waals surface area contributed by atoms with E-state index in [1.165, 1.54) is 36.4 Å². The van der Waals surface area contributed by atoms with Gasteiger partial charge in [0, 0.05) is 29.8 Å². The van der Waals surface area contributed by atoms with E-state index in [-0.39, 0.29) is 28.9 Å². The molecule has 0 saturated carbocycles. The van der Waals surface area contributed by atoms with E-state index in [1.807, 2.05) is 0 Å². The maximum absolute atomic E-state index is 15.4. The van der Waals surface area contributed by atoms with Gasteiger partial charge in [-0.3, -0.25) is 9.69 Å². The van der Waals surface area contributed by atoms with Gasteiger partial charge in [-0.2, -0.15) is 13.2 Å². The second-order valence-electron chi connectivity index (χ2n) is 11.6. The molecule has 1 fully saturated rings. The summed E-state index contributed by atoms with van der Waals surface area (Å²) in [5.74, 6) is 3.50. The number of hydrogen-bond acceptors (Lipinski definition) is 5. The number of nitrogens with zero attached hydrogens (tertiary/aromatic N) is 1. The summed E-state index contributed by atoms with van der Waals surface area (Å²) in [6.07, 6.45) is -2.76. The SMILES string of the molecule is COC(=O)N[C@H](C(=O)Nc1cccc(F)c1CCC1CNC2C#CCN1CCC2)[C@@H](c1ccc(F)cc1)c1ccc(C(F)(F)F)cc1. The van der Waals surface area contributed by atoms with Crippen molar-refractivity contribution in [2.24, 2.45) is 0 Å². The number of methoxy groups -OCH3 is 1. The number of hydrogen-bond donors (Lipinski definition) is 3. The van der Waals surface area contributed by atoms with Crippen molar-refractivity contribution in [2.75, 3.05) is 32.1 Å². The van der Waals surface area contributed by atoms with E-state index < -0.39 is 47.3 Å². The third-order valence-electron chi connectivity index (χ3n) is 8.62. The first kappa shape index (κ1) is 33.9. The lowest BCUT2D eigenvalue weighted by atomic mass is 9.84. The minimum atomic E-state index is -4.60. The fourth-order valence-electron chi connectivity index (χ4n) is 6.14. The van der Waals surface area contributed by atoms with Gasteiger partial charge in [-0.15, -0.1) is 0 Å². The van der Waals surface area contributed by atoms with Gasteiger partial charge in [0.2, 0.25) is 5.91 Å². The van der Waals surface area contributed by atoms with Crippen LogP contribution in [0, 0.1) is 23.5 Å². The fourth-order valence-corrected chi connectivity index (χ4v) is 6.14. The summed E-state index contributed by atoms with van der Waals surface area (Å²) in [6, 6.07) is 12.2. The minimum absolute atomic E-state index is 0.0897.